The number of pyridine rings is 1. The quantitative estimate of drug-likeness (QED) is 0.911. The molecule has 1 fully saturated rings. The van der Waals surface area contributed by atoms with Gasteiger partial charge in [0.05, 0.1) is 6.10 Å². The summed E-state index contributed by atoms with van der Waals surface area (Å²) in [4.78, 5) is 4.35. The number of hydrogen-bond donors (Lipinski definition) is 1. The molecule has 1 aliphatic carbocycles. The van der Waals surface area contributed by atoms with Crippen molar-refractivity contribution in [2.75, 3.05) is 0 Å². The number of rotatable bonds is 3. The summed E-state index contributed by atoms with van der Waals surface area (Å²) >= 11 is 3.38. The van der Waals surface area contributed by atoms with Crippen LogP contribution in [0.1, 0.15) is 50.6 Å². The highest BCUT2D eigenvalue weighted by atomic mass is 79.9. The third-order valence-electron chi connectivity index (χ3n) is 3.90. The molecule has 0 aromatic carbocycles. The van der Waals surface area contributed by atoms with Gasteiger partial charge in [-0.1, -0.05) is 32.1 Å². The Morgan fingerprint density at radius 2 is 1.83 bits per heavy atom. The highest BCUT2D eigenvalue weighted by Crippen LogP contribution is 2.26. The van der Waals surface area contributed by atoms with Crippen molar-refractivity contribution in [3.05, 3.63) is 28.5 Å². The maximum atomic E-state index is 10.4. The molecule has 1 aromatic heterocycles. The molecule has 0 amide bonds. The molecule has 1 aliphatic rings. The fourth-order valence-corrected chi connectivity index (χ4v) is 3.02. The predicted octanol–water partition coefficient (Wildman–Crippen LogP) is 4.11. The molecule has 0 aliphatic heterocycles. The van der Waals surface area contributed by atoms with Crippen molar-refractivity contribution in [3.8, 4) is 0 Å². The first-order valence-corrected chi connectivity index (χ1v) is 7.83. The zero-order valence-electron chi connectivity index (χ0n) is 10.8. The van der Waals surface area contributed by atoms with Gasteiger partial charge in [-0.2, -0.15) is 0 Å². The molecule has 100 valence electrons. The monoisotopic (exact) mass is 311 g/mol. The Balaban J connectivity index is 1.89. The van der Waals surface area contributed by atoms with Gasteiger partial charge in [0.1, 0.15) is 0 Å². The summed E-state index contributed by atoms with van der Waals surface area (Å²) in [5.74, 6) is 0.468. The lowest BCUT2D eigenvalue weighted by atomic mass is 9.85. The SMILES string of the molecule is OC(Cc1ccc(Br)cn1)C1CCCCCCC1. The lowest BCUT2D eigenvalue weighted by molar-refractivity contribution is 0.0905. The summed E-state index contributed by atoms with van der Waals surface area (Å²) in [5, 5.41) is 10.4. The second-order valence-corrected chi connectivity index (χ2v) is 6.26. The van der Waals surface area contributed by atoms with E-state index in [-0.39, 0.29) is 6.10 Å². The van der Waals surface area contributed by atoms with Crippen LogP contribution in [0.3, 0.4) is 0 Å². The van der Waals surface area contributed by atoms with Crippen molar-refractivity contribution in [1.82, 2.24) is 4.98 Å². The zero-order chi connectivity index (χ0) is 12.8. The van der Waals surface area contributed by atoms with Crippen LogP contribution in [0, 0.1) is 5.92 Å². The van der Waals surface area contributed by atoms with Crippen molar-refractivity contribution in [2.24, 2.45) is 5.92 Å². The topological polar surface area (TPSA) is 33.1 Å². The number of nitrogens with zero attached hydrogens (tertiary/aromatic N) is 1. The minimum Gasteiger partial charge on any atom is -0.392 e. The number of halogens is 1. The average Bonchev–Trinajstić information content (AvgIpc) is 2.31. The van der Waals surface area contributed by atoms with Crippen LogP contribution in [0.4, 0.5) is 0 Å². The van der Waals surface area contributed by atoms with Gasteiger partial charge in [-0.3, -0.25) is 4.98 Å². The van der Waals surface area contributed by atoms with E-state index in [2.05, 4.69) is 20.9 Å². The van der Waals surface area contributed by atoms with E-state index in [0.29, 0.717) is 12.3 Å². The van der Waals surface area contributed by atoms with Crippen LogP contribution >= 0.6 is 15.9 Å². The van der Waals surface area contributed by atoms with Crippen LogP contribution in [0.25, 0.3) is 0 Å². The van der Waals surface area contributed by atoms with Crippen LogP contribution in [-0.4, -0.2) is 16.2 Å². The minimum absolute atomic E-state index is 0.225. The van der Waals surface area contributed by atoms with Gasteiger partial charge in [-0.15, -0.1) is 0 Å². The molecule has 0 bridgehead atoms. The molecule has 0 spiro atoms. The van der Waals surface area contributed by atoms with Crippen LogP contribution in [0.15, 0.2) is 22.8 Å². The first kappa shape index (κ1) is 14.0. The van der Waals surface area contributed by atoms with Crippen LogP contribution in [0.2, 0.25) is 0 Å². The highest BCUT2D eigenvalue weighted by molar-refractivity contribution is 9.10. The third-order valence-corrected chi connectivity index (χ3v) is 4.37. The molecule has 1 atom stereocenters. The molecule has 2 rings (SSSR count). The second kappa shape index (κ2) is 7.25. The fourth-order valence-electron chi connectivity index (χ4n) is 2.78. The van der Waals surface area contributed by atoms with E-state index < -0.39 is 0 Å². The van der Waals surface area contributed by atoms with Crippen LogP contribution < -0.4 is 0 Å². The number of aliphatic hydroxyl groups is 1. The van der Waals surface area contributed by atoms with Gasteiger partial charge in [0.2, 0.25) is 0 Å². The molecule has 1 saturated carbocycles. The smallest absolute Gasteiger partial charge is 0.0623 e. The van der Waals surface area contributed by atoms with Crippen molar-refractivity contribution in [1.29, 1.82) is 0 Å². The average molecular weight is 312 g/mol. The molecule has 0 radical (unpaired) electrons. The molecule has 1 unspecified atom stereocenters. The standard InChI is InChI=1S/C15H22BrNO/c16-13-8-9-14(17-11-13)10-15(18)12-6-4-2-1-3-5-7-12/h8-9,11-12,15,18H,1-7,10H2. The van der Waals surface area contributed by atoms with E-state index in [1.165, 1.54) is 44.9 Å². The minimum atomic E-state index is -0.225. The molecule has 1 aromatic rings. The number of aliphatic hydroxyl groups excluding tert-OH is 1. The number of hydrogen-bond acceptors (Lipinski definition) is 2. The van der Waals surface area contributed by atoms with Gasteiger partial charge >= 0.3 is 0 Å². The van der Waals surface area contributed by atoms with E-state index in [4.69, 9.17) is 0 Å². The largest absolute Gasteiger partial charge is 0.392 e. The Bertz CT molecular complexity index is 344. The summed E-state index contributed by atoms with van der Waals surface area (Å²) < 4.78 is 0.992. The predicted molar refractivity (Wildman–Crippen MR) is 77.5 cm³/mol. The number of aromatic nitrogens is 1. The third kappa shape index (κ3) is 4.36. The summed E-state index contributed by atoms with van der Waals surface area (Å²) in [6, 6.07) is 3.99. The van der Waals surface area contributed by atoms with Crippen LogP contribution in [0.5, 0.6) is 0 Å². The maximum Gasteiger partial charge on any atom is 0.0623 e. The Morgan fingerprint density at radius 3 is 2.44 bits per heavy atom. The summed E-state index contributed by atoms with van der Waals surface area (Å²) in [7, 11) is 0. The van der Waals surface area contributed by atoms with Gasteiger partial charge in [-0.25, -0.2) is 0 Å². The second-order valence-electron chi connectivity index (χ2n) is 5.34. The fraction of sp³-hybridized carbons (Fsp3) is 0.667. The van der Waals surface area contributed by atoms with E-state index >= 15 is 0 Å². The first-order valence-electron chi connectivity index (χ1n) is 7.04. The lowest BCUT2D eigenvalue weighted by Gasteiger charge is -2.24. The van der Waals surface area contributed by atoms with Crippen LogP contribution in [-0.2, 0) is 6.42 Å². The lowest BCUT2D eigenvalue weighted by Crippen LogP contribution is -2.24. The molecule has 18 heavy (non-hydrogen) atoms. The molecule has 1 heterocycles. The molecule has 0 saturated heterocycles. The molecule has 3 heteroatoms. The molecular weight excluding hydrogens is 290 g/mol. The first-order chi connectivity index (χ1) is 8.75. The van der Waals surface area contributed by atoms with Gasteiger partial charge in [0, 0.05) is 22.8 Å². The van der Waals surface area contributed by atoms with E-state index in [1.54, 1.807) is 6.20 Å². The highest BCUT2D eigenvalue weighted by Gasteiger charge is 2.20. The van der Waals surface area contributed by atoms with Gasteiger partial charge < -0.3 is 5.11 Å². The zero-order valence-corrected chi connectivity index (χ0v) is 12.4. The normalized spacial score (nSPS) is 20.1. The Hall–Kier alpha value is -0.410. The van der Waals surface area contributed by atoms with Gasteiger partial charge in [-0.05, 0) is 46.8 Å². The Morgan fingerprint density at radius 1 is 1.17 bits per heavy atom. The maximum absolute atomic E-state index is 10.4. The summed E-state index contributed by atoms with van der Waals surface area (Å²) in [6.07, 6.45) is 11.2. The Labute approximate surface area is 118 Å². The van der Waals surface area contributed by atoms with E-state index in [9.17, 15) is 5.11 Å². The van der Waals surface area contributed by atoms with Gasteiger partial charge in [0.15, 0.2) is 0 Å². The Kier molecular flexibility index (Phi) is 5.64. The summed E-state index contributed by atoms with van der Waals surface area (Å²) in [5.41, 5.74) is 0.993. The molecular formula is C15H22BrNO. The van der Waals surface area contributed by atoms with Crippen molar-refractivity contribution in [3.63, 3.8) is 0 Å². The van der Waals surface area contributed by atoms with Gasteiger partial charge in [0.25, 0.3) is 0 Å². The molecule has 2 nitrogen and oxygen atoms in total. The molecule has 1 N–H and O–H groups in total. The van der Waals surface area contributed by atoms with Crippen molar-refractivity contribution >= 4 is 15.9 Å². The summed E-state index contributed by atoms with van der Waals surface area (Å²) in [6.45, 7) is 0. The van der Waals surface area contributed by atoms with Crippen molar-refractivity contribution in [2.45, 2.75) is 57.5 Å². The van der Waals surface area contributed by atoms with E-state index in [1.807, 2.05) is 12.1 Å². The van der Waals surface area contributed by atoms with E-state index in [0.717, 1.165) is 10.2 Å². The van der Waals surface area contributed by atoms with Crippen molar-refractivity contribution < 1.29 is 5.11 Å².